The number of fused-ring (bicyclic) bond motifs is 1. The Kier molecular flexibility index (Phi) is 2.93. The standard InChI is InChI=1S/C18H14N4/c1-13-2-3-15(9-21-13)16-8-17(14-4-6-19-7-5-14)18-10-20-12-22(18)11-16/h2-12H,1H3. The summed E-state index contributed by atoms with van der Waals surface area (Å²) in [6, 6.07) is 10.3. The molecule has 106 valence electrons. The third-order valence-corrected chi connectivity index (χ3v) is 3.76. The molecular formula is C18H14N4. The van der Waals surface area contributed by atoms with E-state index in [0.29, 0.717) is 0 Å². The molecule has 0 saturated heterocycles. The van der Waals surface area contributed by atoms with Gasteiger partial charge in [-0.3, -0.25) is 9.97 Å². The van der Waals surface area contributed by atoms with Crippen molar-refractivity contribution in [2.45, 2.75) is 6.92 Å². The molecule has 0 bridgehead atoms. The van der Waals surface area contributed by atoms with Gasteiger partial charge >= 0.3 is 0 Å². The first kappa shape index (κ1) is 12.7. The molecule has 4 aromatic rings. The molecule has 0 saturated carbocycles. The Morgan fingerprint density at radius 2 is 1.73 bits per heavy atom. The van der Waals surface area contributed by atoms with Gasteiger partial charge in [0, 0.05) is 47.2 Å². The summed E-state index contributed by atoms with van der Waals surface area (Å²) in [5.74, 6) is 0. The number of hydrogen-bond acceptors (Lipinski definition) is 3. The van der Waals surface area contributed by atoms with Crippen molar-refractivity contribution in [1.82, 2.24) is 19.4 Å². The summed E-state index contributed by atoms with van der Waals surface area (Å²) >= 11 is 0. The fraction of sp³-hybridized carbons (Fsp3) is 0.0556. The van der Waals surface area contributed by atoms with Crippen LogP contribution in [0.3, 0.4) is 0 Å². The minimum absolute atomic E-state index is 1.02. The van der Waals surface area contributed by atoms with Crippen molar-refractivity contribution in [2.24, 2.45) is 0 Å². The molecule has 4 heterocycles. The molecule has 4 aromatic heterocycles. The fourth-order valence-corrected chi connectivity index (χ4v) is 2.59. The van der Waals surface area contributed by atoms with Gasteiger partial charge in [-0.25, -0.2) is 4.98 Å². The number of nitrogens with zero attached hydrogens (tertiary/aromatic N) is 4. The number of rotatable bonds is 2. The van der Waals surface area contributed by atoms with Crippen molar-refractivity contribution in [1.29, 1.82) is 0 Å². The Bertz CT molecular complexity index is 924. The highest BCUT2D eigenvalue weighted by Gasteiger charge is 2.08. The molecule has 0 radical (unpaired) electrons. The van der Waals surface area contributed by atoms with Crippen LogP contribution in [0.25, 0.3) is 27.8 Å². The first-order valence-electron chi connectivity index (χ1n) is 7.10. The highest BCUT2D eigenvalue weighted by atomic mass is 15.0. The Labute approximate surface area is 128 Å². The SMILES string of the molecule is Cc1ccc(-c2cc(-c3ccncc3)c3cncn3c2)cn1. The molecular weight excluding hydrogens is 272 g/mol. The zero-order chi connectivity index (χ0) is 14.9. The van der Waals surface area contributed by atoms with Crippen molar-refractivity contribution in [3.05, 3.63) is 73.3 Å². The van der Waals surface area contributed by atoms with Crippen LogP contribution in [0.4, 0.5) is 0 Å². The van der Waals surface area contributed by atoms with E-state index in [1.165, 1.54) is 0 Å². The van der Waals surface area contributed by atoms with Gasteiger partial charge in [-0.1, -0.05) is 6.07 Å². The Balaban J connectivity index is 1.96. The molecule has 0 spiro atoms. The summed E-state index contributed by atoms with van der Waals surface area (Å²) in [5.41, 5.74) is 6.57. The molecule has 4 rings (SSSR count). The van der Waals surface area contributed by atoms with Crippen molar-refractivity contribution >= 4 is 5.52 Å². The molecule has 4 heteroatoms. The van der Waals surface area contributed by atoms with E-state index in [-0.39, 0.29) is 0 Å². The third kappa shape index (κ3) is 2.15. The van der Waals surface area contributed by atoms with Crippen molar-refractivity contribution in [3.8, 4) is 22.3 Å². The van der Waals surface area contributed by atoms with E-state index >= 15 is 0 Å². The van der Waals surface area contributed by atoms with Gasteiger partial charge in [0.2, 0.25) is 0 Å². The number of imidazole rings is 1. The van der Waals surface area contributed by atoms with Crippen LogP contribution in [-0.2, 0) is 0 Å². The Hall–Kier alpha value is -3.01. The maximum Gasteiger partial charge on any atom is 0.0992 e. The maximum atomic E-state index is 4.39. The van der Waals surface area contributed by atoms with Gasteiger partial charge in [-0.05, 0) is 36.8 Å². The van der Waals surface area contributed by atoms with Gasteiger partial charge < -0.3 is 4.40 Å². The van der Waals surface area contributed by atoms with E-state index in [0.717, 1.165) is 33.5 Å². The highest BCUT2D eigenvalue weighted by Crippen LogP contribution is 2.29. The molecule has 4 nitrogen and oxygen atoms in total. The van der Waals surface area contributed by atoms with Gasteiger partial charge in [0.15, 0.2) is 0 Å². The van der Waals surface area contributed by atoms with Crippen LogP contribution in [0, 0.1) is 6.92 Å². The number of pyridine rings is 3. The first-order valence-corrected chi connectivity index (χ1v) is 7.10. The summed E-state index contributed by atoms with van der Waals surface area (Å²) in [6.07, 6.45) is 11.3. The molecule has 0 aliphatic rings. The normalized spacial score (nSPS) is 11.0. The van der Waals surface area contributed by atoms with E-state index < -0.39 is 0 Å². The lowest BCUT2D eigenvalue weighted by molar-refractivity contribution is 1.15. The van der Waals surface area contributed by atoms with E-state index in [9.17, 15) is 0 Å². The molecule has 0 N–H and O–H groups in total. The highest BCUT2D eigenvalue weighted by molar-refractivity contribution is 5.83. The Morgan fingerprint density at radius 1 is 0.864 bits per heavy atom. The first-order chi connectivity index (χ1) is 10.8. The topological polar surface area (TPSA) is 43.1 Å². The largest absolute Gasteiger partial charge is 0.305 e. The maximum absolute atomic E-state index is 4.39. The molecule has 0 amide bonds. The van der Waals surface area contributed by atoms with Crippen molar-refractivity contribution in [3.63, 3.8) is 0 Å². The van der Waals surface area contributed by atoms with E-state index in [4.69, 9.17) is 0 Å². The number of hydrogen-bond donors (Lipinski definition) is 0. The summed E-state index contributed by atoms with van der Waals surface area (Å²) < 4.78 is 2.05. The van der Waals surface area contributed by atoms with Crippen LogP contribution in [0.2, 0.25) is 0 Å². The predicted octanol–water partition coefficient (Wildman–Crippen LogP) is 3.77. The quantitative estimate of drug-likeness (QED) is 0.563. The molecule has 0 aromatic carbocycles. The Morgan fingerprint density at radius 3 is 2.50 bits per heavy atom. The van der Waals surface area contributed by atoms with Gasteiger partial charge in [0.1, 0.15) is 0 Å². The van der Waals surface area contributed by atoms with Crippen LogP contribution in [-0.4, -0.2) is 19.4 Å². The minimum atomic E-state index is 1.02. The second kappa shape index (κ2) is 5.07. The summed E-state index contributed by atoms with van der Waals surface area (Å²) in [6.45, 7) is 1.99. The number of aromatic nitrogens is 4. The lowest BCUT2D eigenvalue weighted by Crippen LogP contribution is -1.91. The monoisotopic (exact) mass is 286 g/mol. The molecule has 0 atom stereocenters. The van der Waals surface area contributed by atoms with Crippen LogP contribution < -0.4 is 0 Å². The van der Waals surface area contributed by atoms with E-state index in [1.807, 2.05) is 60.6 Å². The molecule has 0 aliphatic heterocycles. The van der Waals surface area contributed by atoms with Crippen molar-refractivity contribution in [2.75, 3.05) is 0 Å². The van der Waals surface area contributed by atoms with Crippen molar-refractivity contribution < 1.29 is 0 Å². The summed E-state index contributed by atoms with van der Waals surface area (Å²) in [5, 5.41) is 0. The molecule has 0 aliphatic carbocycles. The van der Waals surface area contributed by atoms with Gasteiger partial charge in [0.25, 0.3) is 0 Å². The zero-order valence-corrected chi connectivity index (χ0v) is 12.1. The molecule has 0 unspecified atom stereocenters. The van der Waals surface area contributed by atoms with E-state index in [2.05, 4.69) is 33.3 Å². The lowest BCUT2D eigenvalue weighted by Gasteiger charge is -2.09. The smallest absolute Gasteiger partial charge is 0.0992 e. The summed E-state index contributed by atoms with van der Waals surface area (Å²) in [4.78, 5) is 12.8. The van der Waals surface area contributed by atoms with Crippen LogP contribution >= 0.6 is 0 Å². The van der Waals surface area contributed by atoms with Gasteiger partial charge in [-0.15, -0.1) is 0 Å². The average Bonchev–Trinajstić information content (AvgIpc) is 3.04. The van der Waals surface area contributed by atoms with Crippen LogP contribution in [0.1, 0.15) is 5.69 Å². The van der Waals surface area contributed by atoms with Gasteiger partial charge in [0.05, 0.1) is 18.0 Å². The second-order valence-electron chi connectivity index (χ2n) is 5.25. The average molecular weight is 286 g/mol. The predicted molar refractivity (Wildman–Crippen MR) is 86.4 cm³/mol. The van der Waals surface area contributed by atoms with Gasteiger partial charge in [-0.2, -0.15) is 0 Å². The van der Waals surface area contributed by atoms with E-state index in [1.54, 1.807) is 0 Å². The minimum Gasteiger partial charge on any atom is -0.305 e. The molecule has 0 fully saturated rings. The zero-order valence-electron chi connectivity index (χ0n) is 12.1. The van der Waals surface area contributed by atoms with Crippen LogP contribution in [0.15, 0.2) is 67.6 Å². The lowest BCUT2D eigenvalue weighted by atomic mass is 10.0. The number of aryl methyl sites for hydroxylation is 1. The second-order valence-corrected chi connectivity index (χ2v) is 5.25. The third-order valence-electron chi connectivity index (χ3n) is 3.76. The van der Waals surface area contributed by atoms with Crippen LogP contribution in [0.5, 0.6) is 0 Å². The summed E-state index contributed by atoms with van der Waals surface area (Å²) in [7, 11) is 0. The molecule has 22 heavy (non-hydrogen) atoms. The fourth-order valence-electron chi connectivity index (χ4n) is 2.59.